The van der Waals surface area contributed by atoms with Gasteiger partial charge < -0.3 is 9.73 Å². The van der Waals surface area contributed by atoms with Crippen LogP contribution in [0.15, 0.2) is 58.5 Å². The number of furan rings is 1. The van der Waals surface area contributed by atoms with Crippen molar-refractivity contribution >= 4 is 28.8 Å². The van der Waals surface area contributed by atoms with Crippen molar-refractivity contribution < 1.29 is 14.0 Å². The first kappa shape index (κ1) is 20.4. The summed E-state index contributed by atoms with van der Waals surface area (Å²) in [5.41, 5.74) is 2.62. The van der Waals surface area contributed by atoms with E-state index in [4.69, 9.17) is 4.42 Å². The number of nitrogens with zero attached hydrogens (tertiary/aromatic N) is 1. The van der Waals surface area contributed by atoms with Crippen LogP contribution in [-0.2, 0) is 4.79 Å². The minimum atomic E-state index is -0.761. The highest BCUT2D eigenvalue weighted by atomic mass is 32.1. The second kappa shape index (κ2) is 8.88. The number of amides is 2. The van der Waals surface area contributed by atoms with Crippen LogP contribution in [0.5, 0.6) is 0 Å². The number of thiophene rings is 1. The van der Waals surface area contributed by atoms with Crippen LogP contribution in [0.25, 0.3) is 0 Å². The summed E-state index contributed by atoms with van der Waals surface area (Å²) in [6.45, 7) is 3.93. The Labute approximate surface area is 180 Å². The Balaban J connectivity index is 1.82. The molecule has 2 aromatic heterocycles. The summed E-state index contributed by atoms with van der Waals surface area (Å²) >= 11 is 1.48. The first-order valence-electron chi connectivity index (χ1n) is 10.3. The van der Waals surface area contributed by atoms with Gasteiger partial charge in [0.1, 0.15) is 0 Å². The standard InChI is InChI=1S/C24H26N2O3S/c1-16-8-5-9-17(2)21(16)26(24(28)19-12-6-14-29-19)22(20-13-7-15-30-20)23(27)25-18-10-3-4-11-18/h5-9,12-15,18,22H,3-4,10-11H2,1-2H3,(H,25,27)/t22-/m1/s1. The number of rotatable bonds is 6. The summed E-state index contributed by atoms with van der Waals surface area (Å²) in [5.74, 6) is -0.253. The van der Waals surface area contributed by atoms with Crippen molar-refractivity contribution in [2.24, 2.45) is 0 Å². The molecule has 0 unspecified atom stereocenters. The van der Waals surface area contributed by atoms with Crippen LogP contribution in [0, 0.1) is 13.8 Å². The average molecular weight is 423 g/mol. The first-order valence-corrected chi connectivity index (χ1v) is 11.2. The third kappa shape index (κ3) is 4.05. The van der Waals surface area contributed by atoms with Gasteiger partial charge in [-0.2, -0.15) is 0 Å². The smallest absolute Gasteiger partial charge is 0.295 e. The van der Waals surface area contributed by atoms with Gasteiger partial charge in [-0.3, -0.25) is 14.5 Å². The lowest BCUT2D eigenvalue weighted by atomic mass is 10.0. The van der Waals surface area contributed by atoms with E-state index in [1.807, 2.05) is 49.6 Å². The molecule has 2 heterocycles. The maximum atomic E-state index is 13.6. The highest BCUT2D eigenvalue weighted by Crippen LogP contribution is 2.36. The monoisotopic (exact) mass is 422 g/mol. The van der Waals surface area contributed by atoms with E-state index in [0.717, 1.165) is 47.4 Å². The molecule has 0 bridgehead atoms. The largest absolute Gasteiger partial charge is 0.459 e. The zero-order valence-corrected chi connectivity index (χ0v) is 18.1. The lowest BCUT2D eigenvalue weighted by Gasteiger charge is -2.33. The van der Waals surface area contributed by atoms with Crippen molar-refractivity contribution in [3.8, 4) is 0 Å². The molecule has 0 spiro atoms. The van der Waals surface area contributed by atoms with Gasteiger partial charge in [-0.05, 0) is 61.4 Å². The highest BCUT2D eigenvalue weighted by Gasteiger charge is 2.37. The molecule has 2 amide bonds. The predicted octanol–water partition coefficient (Wildman–Crippen LogP) is 5.40. The third-order valence-electron chi connectivity index (χ3n) is 5.65. The normalized spacial score (nSPS) is 15.1. The van der Waals surface area contributed by atoms with E-state index in [-0.39, 0.29) is 23.6 Å². The second-order valence-corrected chi connectivity index (χ2v) is 8.78. The van der Waals surface area contributed by atoms with E-state index in [9.17, 15) is 9.59 Å². The van der Waals surface area contributed by atoms with Crippen LogP contribution in [0.1, 0.15) is 58.3 Å². The number of anilines is 1. The van der Waals surface area contributed by atoms with Gasteiger partial charge in [-0.25, -0.2) is 0 Å². The topological polar surface area (TPSA) is 62.6 Å². The van der Waals surface area contributed by atoms with Crippen LogP contribution in [0.2, 0.25) is 0 Å². The van der Waals surface area contributed by atoms with Crippen molar-refractivity contribution in [1.29, 1.82) is 0 Å². The predicted molar refractivity (Wildman–Crippen MR) is 119 cm³/mol. The van der Waals surface area contributed by atoms with E-state index in [0.29, 0.717) is 0 Å². The van der Waals surface area contributed by atoms with E-state index in [1.54, 1.807) is 17.0 Å². The number of benzene rings is 1. The second-order valence-electron chi connectivity index (χ2n) is 7.80. The fourth-order valence-electron chi connectivity index (χ4n) is 4.22. The molecule has 0 radical (unpaired) electrons. The zero-order valence-electron chi connectivity index (χ0n) is 17.3. The Hall–Kier alpha value is -2.86. The molecule has 1 aliphatic carbocycles. The molecule has 6 heteroatoms. The highest BCUT2D eigenvalue weighted by molar-refractivity contribution is 7.10. The summed E-state index contributed by atoms with van der Waals surface area (Å²) in [4.78, 5) is 29.7. The molecule has 156 valence electrons. The molecule has 1 fully saturated rings. The summed E-state index contributed by atoms with van der Waals surface area (Å²) in [6, 6.07) is 12.5. The van der Waals surface area contributed by atoms with Crippen LogP contribution in [0.3, 0.4) is 0 Å². The molecule has 0 saturated heterocycles. The number of para-hydroxylation sites is 1. The molecule has 0 aliphatic heterocycles. The molecule has 1 atom stereocenters. The quantitative estimate of drug-likeness (QED) is 0.578. The van der Waals surface area contributed by atoms with Crippen molar-refractivity contribution in [2.45, 2.75) is 51.6 Å². The maximum absolute atomic E-state index is 13.6. The van der Waals surface area contributed by atoms with E-state index in [1.165, 1.54) is 17.6 Å². The summed E-state index contributed by atoms with van der Waals surface area (Å²) in [7, 11) is 0. The number of nitrogens with one attached hydrogen (secondary N) is 1. The number of hydrogen-bond donors (Lipinski definition) is 1. The lowest BCUT2D eigenvalue weighted by Crippen LogP contribution is -2.46. The van der Waals surface area contributed by atoms with Gasteiger partial charge in [-0.1, -0.05) is 37.1 Å². The molecule has 1 saturated carbocycles. The number of hydrogen-bond acceptors (Lipinski definition) is 4. The van der Waals surface area contributed by atoms with Crippen molar-refractivity contribution in [2.75, 3.05) is 4.90 Å². The lowest BCUT2D eigenvalue weighted by molar-refractivity contribution is -0.123. The van der Waals surface area contributed by atoms with E-state index in [2.05, 4.69) is 5.32 Å². The van der Waals surface area contributed by atoms with Crippen LogP contribution >= 0.6 is 11.3 Å². The van der Waals surface area contributed by atoms with Crippen LogP contribution < -0.4 is 10.2 Å². The SMILES string of the molecule is Cc1cccc(C)c1N(C(=O)c1ccco1)[C@@H](C(=O)NC1CCCC1)c1cccs1. The Kier molecular flexibility index (Phi) is 6.04. The van der Waals surface area contributed by atoms with Crippen molar-refractivity contribution in [3.05, 3.63) is 75.9 Å². The first-order chi connectivity index (χ1) is 14.6. The summed E-state index contributed by atoms with van der Waals surface area (Å²) in [6.07, 6.45) is 5.70. The minimum absolute atomic E-state index is 0.146. The van der Waals surface area contributed by atoms with Gasteiger partial charge in [0.05, 0.1) is 12.0 Å². The zero-order chi connectivity index (χ0) is 21.1. The molecule has 5 nitrogen and oxygen atoms in total. The van der Waals surface area contributed by atoms with Crippen molar-refractivity contribution in [1.82, 2.24) is 5.32 Å². The molecular weight excluding hydrogens is 396 g/mol. The Morgan fingerprint density at radius 3 is 2.40 bits per heavy atom. The minimum Gasteiger partial charge on any atom is -0.459 e. The van der Waals surface area contributed by atoms with Crippen LogP contribution in [-0.4, -0.2) is 17.9 Å². The fraction of sp³-hybridized carbons (Fsp3) is 0.333. The molecule has 1 aromatic carbocycles. The van der Waals surface area contributed by atoms with Gasteiger partial charge in [-0.15, -0.1) is 11.3 Å². The van der Waals surface area contributed by atoms with Gasteiger partial charge >= 0.3 is 0 Å². The fourth-order valence-corrected chi connectivity index (χ4v) is 5.04. The number of carbonyl (C=O) groups is 2. The Morgan fingerprint density at radius 1 is 1.07 bits per heavy atom. The third-order valence-corrected chi connectivity index (χ3v) is 6.58. The Bertz CT molecular complexity index is 985. The summed E-state index contributed by atoms with van der Waals surface area (Å²) < 4.78 is 5.44. The number of aryl methyl sites for hydroxylation is 2. The van der Waals surface area contributed by atoms with E-state index >= 15 is 0 Å². The van der Waals surface area contributed by atoms with Crippen molar-refractivity contribution in [3.63, 3.8) is 0 Å². The van der Waals surface area contributed by atoms with Gasteiger partial charge in [0.25, 0.3) is 5.91 Å². The summed E-state index contributed by atoms with van der Waals surface area (Å²) in [5, 5.41) is 5.14. The Morgan fingerprint density at radius 2 is 1.80 bits per heavy atom. The van der Waals surface area contributed by atoms with Gasteiger partial charge in [0.15, 0.2) is 11.8 Å². The molecule has 30 heavy (non-hydrogen) atoms. The molecule has 4 rings (SSSR count). The number of carbonyl (C=O) groups excluding carboxylic acids is 2. The molecule has 3 aromatic rings. The van der Waals surface area contributed by atoms with E-state index < -0.39 is 6.04 Å². The molecular formula is C24H26N2O3S. The van der Waals surface area contributed by atoms with Crippen LogP contribution in [0.4, 0.5) is 5.69 Å². The molecule has 1 N–H and O–H groups in total. The maximum Gasteiger partial charge on any atom is 0.295 e. The average Bonchev–Trinajstić information content (AvgIpc) is 3.49. The van der Waals surface area contributed by atoms with Gasteiger partial charge in [0, 0.05) is 10.9 Å². The van der Waals surface area contributed by atoms with Gasteiger partial charge in [0.2, 0.25) is 5.91 Å². The molecule has 1 aliphatic rings.